The van der Waals surface area contributed by atoms with Gasteiger partial charge in [0.25, 0.3) is 0 Å². The predicted molar refractivity (Wildman–Crippen MR) is 72.6 cm³/mol. The molecule has 0 aliphatic heterocycles. The second-order valence-corrected chi connectivity index (χ2v) is 5.51. The molecule has 0 bridgehead atoms. The summed E-state index contributed by atoms with van der Waals surface area (Å²) in [5, 5.41) is 8.93. The van der Waals surface area contributed by atoms with Gasteiger partial charge in [0.05, 0.1) is 6.61 Å². The summed E-state index contributed by atoms with van der Waals surface area (Å²) < 4.78 is 5.08. The number of nitrogens with two attached hydrogens (primary N) is 1. The summed E-state index contributed by atoms with van der Waals surface area (Å²) in [4.78, 5) is 13.2. The molecule has 0 aromatic rings. The average Bonchev–Trinajstić information content (AvgIpc) is 2.24. The molecule has 0 amide bonds. The van der Waals surface area contributed by atoms with Gasteiger partial charge in [0, 0.05) is 20.2 Å². The Labute approximate surface area is 110 Å². The lowest BCUT2D eigenvalue weighted by molar-refractivity contribution is -0.143. The Kier molecular flexibility index (Phi) is 8.15. The molecular formula is C13H28N2O3. The van der Waals surface area contributed by atoms with Crippen LogP contribution in [0.15, 0.2) is 0 Å². The third-order valence-corrected chi connectivity index (χ3v) is 2.89. The van der Waals surface area contributed by atoms with E-state index in [1.807, 2.05) is 0 Å². The van der Waals surface area contributed by atoms with E-state index in [-0.39, 0.29) is 0 Å². The van der Waals surface area contributed by atoms with Crippen LogP contribution in [0.3, 0.4) is 0 Å². The van der Waals surface area contributed by atoms with Gasteiger partial charge in [-0.25, -0.2) is 0 Å². The second-order valence-electron chi connectivity index (χ2n) is 5.51. The Balaban J connectivity index is 4.05. The van der Waals surface area contributed by atoms with E-state index in [9.17, 15) is 4.79 Å². The van der Waals surface area contributed by atoms with Crippen molar-refractivity contribution in [1.29, 1.82) is 0 Å². The molecule has 0 heterocycles. The van der Waals surface area contributed by atoms with E-state index in [1.54, 1.807) is 14.0 Å². The topological polar surface area (TPSA) is 75.8 Å². The Morgan fingerprint density at radius 2 is 2.06 bits per heavy atom. The van der Waals surface area contributed by atoms with Crippen LogP contribution in [-0.4, -0.2) is 54.9 Å². The number of aliphatic carboxylic acids is 1. The molecule has 0 aliphatic rings. The molecule has 0 saturated heterocycles. The predicted octanol–water partition coefficient (Wildman–Crippen LogP) is 1.17. The Hall–Kier alpha value is -0.650. The highest BCUT2D eigenvalue weighted by molar-refractivity contribution is 5.77. The van der Waals surface area contributed by atoms with Gasteiger partial charge in [0.15, 0.2) is 0 Å². The Bertz CT molecular complexity index is 242. The van der Waals surface area contributed by atoms with Crippen molar-refractivity contribution in [2.75, 3.05) is 33.4 Å². The van der Waals surface area contributed by atoms with Crippen molar-refractivity contribution in [3.8, 4) is 0 Å². The van der Waals surface area contributed by atoms with Crippen molar-refractivity contribution in [2.24, 2.45) is 11.7 Å². The zero-order valence-corrected chi connectivity index (χ0v) is 12.1. The van der Waals surface area contributed by atoms with Crippen LogP contribution in [0.25, 0.3) is 0 Å². The maximum absolute atomic E-state index is 10.9. The summed E-state index contributed by atoms with van der Waals surface area (Å²) in [6.45, 7) is 9.35. The molecule has 1 unspecified atom stereocenters. The molecular weight excluding hydrogens is 232 g/mol. The molecule has 5 heteroatoms. The molecule has 0 rings (SSSR count). The number of rotatable bonds is 10. The molecule has 0 radical (unpaired) electrons. The zero-order chi connectivity index (χ0) is 14.2. The van der Waals surface area contributed by atoms with Crippen molar-refractivity contribution >= 4 is 5.97 Å². The van der Waals surface area contributed by atoms with Gasteiger partial charge in [0.2, 0.25) is 0 Å². The molecule has 0 saturated carbocycles. The molecule has 0 fully saturated rings. The lowest BCUT2D eigenvalue weighted by Crippen LogP contribution is -2.45. The average molecular weight is 260 g/mol. The number of carboxylic acids is 1. The molecule has 0 aliphatic carbocycles. The van der Waals surface area contributed by atoms with Crippen molar-refractivity contribution in [3.05, 3.63) is 0 Å². The molecule has 18 heavy (non-hydrogen) atoms. The highest BCUT2D eigenvalue weighted by Gasteiger charge is 2.27. The molecule has 108 valence electrons. The van der Waals surface area contributed by atoms with Gasteiger partial charge in [-0.15, -0.1) is 0 Å². The Morgan fingerprint density at radius 1 is 1.44 bits per heavy atom. The van der Waals surface area contributed by atoms with Crippen molar-refractivity contribution in [3.63, 3.8) is 0 Å². The van der Waals surface area contributed by atoms with Crippen molar-refractivity contribution in [2.45, 2.75) is 39.2 Å². The summed E-state index contributed by atoms with van der Waals surface area (Å²) in [5.74, 6) is -0.347. The fourth-order valence-electron chi connectivity index (χ4n) is 1.81. The largest absolute Gasteiger partial charge is 0.480 e. The summed E-state index contributed by atoms with van der Waals surface area (Å²) in [7, 11) is 1.69. The first-order valence-electron chi connectivity index (χ1n) is 6.53. The lowest BCUT2D eigenvalue weighted by Gasteiger charge is -2.26. The van der Waals surface area contributed by atoms with E-state index < -0.39 is 11.5 Å². The third-order valence-electron chi connectivity index (χ3n) is 2.89. The minimum Gasteiger partial charge on any atom is -0.480 e. The van der Waals surface area contributed by atoms with Crippen LogP contribution < -0.4 is 5.73 Å². The van der Waals surface area contributed by atoms with Crippen LogP contribution in [-0.2, 0) is 9.53 Å². The molecule has 5 nitrogen and oxygen atoms in total. The van der Waals surface area contributed by atoms with E-state index in [4.69, 9.17) is 15.6 Å². The summed E-state index contributed by atoms with van der Waals surface area (Å²) in [5.41, 5.74) is 4.58. The second kappa shape index (κ2) is 8.45. The molecule has 0 aromatic heterocycles. The number of carboxylic acid groups (broad SMARTS) is 1. The van der Waals surface area contributed by atoms with Gasteiger partial charge in [-0.2, -0.15) is 0 Å². The highest BCUT2D eigenvalue weighted by Crippen LogP contribution is 2.10. The maximum atomic E-state index is 10.9. The van der Waals surface area contributed by atoms with Gasteiger partial charge in [-0.05, 0) is 32.2 Å². The monoisotopic (exact) mass is 260 g/mol. The van der Waals surface area contributed by atoms with Crippen LogP contribution in [0.5, 0.6) is 0 Å². The van der Waals surface area contributed by atoms with E-state index in [1.165, 1.54) is 0 Å². The molecule has 0 aromatic carbocycles. The van der Waals surface area contributed by atoms with E-state index in [0.717, 1.165) is 26.1 Å². The number of carbonyl (C=O) groups is 1. The Morgan fingerprint density at radius 3 is 2.50 bits per heavy atom. The van der Waals surface area contributed by atoms with Crippen LogP contribution in [0.4, 0.5) is 0 Å². The quantitative estimate of drug-likeness (QED) is 0.617. The van der Waals surface area contributed by atoms with Gasteiger partial charge >= 0.3 is 5.97 Å². The van der Waals surface area contributed by atoms with Crippen LogP contribution in [0.1, 0.15) is 33.6 Å². The van der Waals surface area contributed by atoms with Gasteiger partial charge in [-0.3, -0.25) is 4.79 Å². The van der Waals surface area contributed by atoms with Gasteiger partial charge in [-0.1, -0.05) is 13.8 Å². The zero-order valence-electron chi connectivity index (χ0n) is 12.1. The fraction of sp³-hybridized carbons (Fsp3) is 0.923. The number of ether oxygens (including phenoxy) is 1. The molecule has 1 atom stereocenters. The van der Waals surface area contributed by atoms with Gasteiger partial charge < -0.3 is 20.5 Å². The minimum absolute atomic E-state index is 0.490. The SMILES string of the molecule is COCCN(CCCC(C)(N)C(=O)O)CC(C)C. The molecule has 0 spiro atoms. The van der Waals surface area contributed by atoms with Crippen molar-refractivity contribution < 1.29 is 14.6 Å². The number of hydrogen-bond acceptors (Lipinski definition) is 4. The smallest absolute Gasteiger partial charge is 0.323 e. The highest BCUT2D eigenvalue weighted by atomic mass is 16.5. The van der Waals surface area contributed by atoms with Crippen LogP contribution >= 0.6 is 0 Å². The standard InChI is InChI=1S/C13H28N2O3/c1-11(2)10-15(8-9-18-4)7-5-6-13(3,14)12(16)17/h11H,5-10,14H2,1-4H3,(H,16,17). The lowest BCUT2D eigenvalue weighted by atomic mass is 9.97. The van der Waals surface area contributed by atoms with Gasteiger partial charge in [0.1, 0.15) is 5.54 Å². The van der Waals surface area contributed by atoms with E-state index >= 15 is 0 Å². The summed E-state index contributed by atoms with van der Waals surface area (Å²) >= 11 is 0. The number of methoxy groups -OCH3 is 1. The summed E-state index contributed by atoms with van der Waals surface area (Å²) in [6, 6.07) is 0. The maximum Gasteiger partial charge on any atom is 0.323 e. The first-order chi connectivity index (χ1) is 8.29. The van der Waals surface area contributed by atoms with E-state index in [0.29, 0.717) is 18.9 Å². The number of hydrogen-bond donors (Lipinski definition) is 2. The molecule has 3 N–H and O–H groups in total. The normalized spacial score (nSPS) is 15.1. The van der Waals surface area contributed by atoms with E-state index in [2.05, 4.69) is 18.7 Å². The number of nitrogens with zero attached hydrogens (tertiary/aromatic N) is 1. The van der Waals surface area contributed by atoms with Crippen LogP contribution in [0.2, 0.25) is 0 Å². The third kappa shape index (κ3) is 7.63. The summed E-state index contributed by atoms with van der Waals surface area (Å²) in [6.07, 6.45) is 1.28. The van der Waals surface area contributed by atoms with Crippen molar-refractivity contribution in [1.82, 2.24) is 4.90 Å². The van der Waals surface area contributed by atoms with Crippen LogP contribution in [0, 0.1) is 5.92 Å². The minimum atomic E-state index is -1.12. The first kappa shape index (κ1) is 17.4. The fourth-order valence-corrected chi connectivity index (χ4v) is 1.81. The first-order valence-corrected chi connectivity index (χ1v) is 6.53.